The predicted molar refractivity (Wildman–Crippen MR) is 101 cm³/mol. The first-order valence-electron chi connectivity index (χ1n) is 9.09. The lowest BCUT2D eigenvalue weighted by atomic mass is 9.89. The van der Waals surface area contributed by atoms with E-state index in [-0.39, 0.29) is 24.2 Å². The Balaban J connectivity index is 1.41. The van der Waals surface area contributed by atoms with Crippen LogP contribution in [0.4, 0.5) is 0 Å². The molecule has 0 radical (unpaired) electrons. The molecule has 1 saturated heterocycles. The quantitative estimate of drug-likeness (QED) is 0.667. The fraction of sp³-hybridized carbons (Fsp3) is 0.286. The van der Waals surface area contributed by atoms with E-state index >= 15 is 0 Å². The number of ketones is 1. The summed E-state index contributed by atoms with van der Waals surface area (Å²) in [7, 11) is 0. The van der Waals surface area contributed by atoms with Gasteiger partial charge in [-0.05, 0) is 25.0 Å². The van der Waals surface area contributed by atoms with Gasteiger partial charge in [0.2, 0.25) is 5.91 Å². The number of para-hydroxylation sites is 2. The van der Waals surface area contributed by atoms with Crippen LogP contribution in [0.1, 0.15) is 23.2 Å². The number of carbonyl (C=O) groups is 2. The summed E-state index contributed by atoms with van der Waals surface area (Å²) in [6, 6.07) is 16.3. The Labute approximate surface area is 156 Å². The van der Waals surface area contributed by atoms with Gasteiger partial charge < -0.3 is 9.32 Å². The molecule has 0 aliphatic carbocycles. The first-order chi connectivity index (χ1) is 13.1. The Morgan fingerprint density at radius 2 is 1.63 bits per heavy atom. The van der Waals surface area contributed by atoms with Crippen molar-refractivity contribution >= 4 is 22.8 Å². The molecule has 1 aromatic heterocycles. The summed E-state index contributed by atoms with van der Waals surface area (Å²) < 4.78 is 6.54. The zero-order chi connectivity index (χ0) is 18.8. The third-order valence-electron chi connectivity index (χ3n) is 5.14. The number of hydrogen-bond acceptors (Lipinski definition) is 4. The first kappa shape index (κ1) is 17.3. The number of aromatic nitrogens is 1. The molecule has 138 valence electrons. The lowest BCUT2D eigenvalue weighted by Gasteiger charge is -2.31. The van der Waals surface area contributed by atoms with Crippen molar-refractivity contribution in [3.63, 3.8) is 0 Å². The second-order valence-corrected chi connectivity index (χ2v) is 6.81. The highest BCUT2D eigenvalue weighted by atomic mass is 16.4. The van der Waals surface area contributed by atoms with Gasteiger partial charge in [0.1, 0.15) is 6.54 Å². The zero-order valence-electron chi connectivity index (χ0n) is 14.8. The molecule has 1 amide bonds. The molecule has 0 spiro atoms. The fourth-order valence-electron chi connectivity index (χ4n) is 3.63. The van der Waals surface area contributed by atoms with Crippen molar-refractivity contribution < 1.29 is 14.0 Å². The number of amides is 1. The molecule has 6 nitrogen and oxygen atoms in total. The van der Waals surface area contributed by atoms with Crippen LogP contribution in [0.25, 0.3) is 11.1 Å². The Kier molecular flexibility index (Phi) is 4.62. The second kappa shape index (κ2) is 7.23. The summed E-state index contributed by atoms with van der Waals surface area (Å²) in [6.07, 6.45) is 1.28. The number of fused-ring (bicyclic) bond motifs is 1. The number of likely N-dealkylation sites (tertiary alicyclic amines) is 1. The van der Waals surface area contributed by atoms with E-state index in [2.05, 4.69) is 0 Å². The van der Waals surface area contributed by atoms with Crippen molar-refractivity contribution in [2.45, 2.75) is 19.4 Å². The highest BCUT2D eigenvalue weighted by molar-refractivity contribution is 5.98. The third-order valence-corrected chi connectivity index (χ3v) is 5.14. The van der Waals surface area contributed by atoms with Crippen LogP contribution in [0.3, 0.4) is 0 Å². The Bertz CT molecular complexity index is 1030. The minimum absolute atomic E-state index is 0.0485. The number of piperidine rings is 1. The van der Waals surface area contributed by atoms with Crippen LogP contribution in [0.15, 0.2) is 63.8 Å². The molecule has 1 fully saturated rings. The highest BCUT2D eigenvalue weighted by Crippen LogP contribution is 2.22. The summed E-state index contributed by atoms with van der Waals surface area (Å²) in [5.41, 5.74) is 1.81. The third kappa shape index (κ3) is 3.43. The zero-order valence-corrected chi connectivity index (χ0v) is 14.8. The smallest absolute Gasteiger partial charge is 0.408 e. The molecule has 0 unspecified atom stereocenters. The second-order valence-electron chi connectivity index (χ2n) is 6.81. The van der Waals surface area contributed by atoms with E-state index < -0.39 is 5.76 Å². The molecular formula is C21H20N2O4. The maximum Gasteiger partial charge on any atom is 0.420 e. The molecule has 6 heteroatoms. The van der Waals surface area contributed by atoms with Gasteiger partial charge in [0.15, 0.2) is 11.4 Å². The molecule has 27 heavy (non-hydrogen) atoms. The summed E-state index contributed by atoms with van der Waals surface area (Å²) in [5, 5.41) is 0. The average molecular weight is 364 g/mol. The average Bonchev–Trinajstić information content (AvgIpc) is 3.03. The summed E-state index contributed by atoms with van der Waals surface area (Å²) >= 11 is 0. The van der Waals surface area contributed by atoms with Crippen LogP contribution < -0.4 is 5.76 Å². The molecule has 0 N–H and O–H groups in total. The van der Waals surface area contributed by atoms with E-state index in [1.54, 1.807) is 29.2 Å². The Morgan fingerprint density at radius 3 is 2.37 bits per heavy atom. The lowest BCUT2D eigenvalue weighted by Crippen LogP contribution is -2.42. The number of carbonyl (C=O) groups excluding carboxylic acids is 2. The van der Waals surface area contributed by atoms with Gasteiger partial charge in [-0.3, -0.25) is 14.2 Å². The van der Waals surface area contributed by atoms with E-state index in [9.17, 15) is 14.4 Å². The summed E-state index contributed by atoms with van der Waals surface area (Å²) in [5.74, 6) is -0.582. The molecule has 3 aromatic rings. The molecule has 1 aliphatic heterocycles. The number of rotatable bonds is 4. The van der Waals surface area contributed by atoms with Crippen LogP contribution in [-0.2, 0) is 11.3 Å². The normalized spacial score (nSPS) is 15.2. The Hall–Kier alpha value is -3.15. The summed E-state index contributed by atoms with van der Waals surface area (Å²) in [4.78, 5) is 39.0. The van der Waals surface area contributed by atoms with Gasteiger partial charge >= 0.3 is 5.76 Å². The molecular weight excluding hydrogens is 344 g/mol. The molecule has 0 atom stereocenters. The van der Waals surface area contributed by atoms with E-state index in [1.807, 2.05) is 30.3 Å². The SMILES string of the molecule is O=C(c1ccccc1)C1CCN(C(=O)Cn2c(=O)oc3ccccc32)CC1. The topological polar surface area (TPSA) is 72.5 Å². The van der Waals surface area contributed by atoms with Crippen LogP contribution >= 0.6 is 0 Å². The lowest BCUT2D eigenvalue weighted by molar-refractivity contribution is -0.133. The van der Waals surface area contributed by atoms with Gasteiger partial charge in [0, 0.05) is 24.6 Å². The number of benzene rings is 2. The molecule has 1 aliphatic rings. The predicted octanol–water partition coefficient (Wildman–Crippen LogP) is 2.72. The number of Topliss-reactive ketones (excluding diaryl/α,β-unsaturated/α-hetero) is 1. The van der Waals surface area contributed by atoms with Crippen LogP contribution in [-0.4, -0.2) is 34.2 Å². The minimum atomic E-state index is -0.529. The first-order valence-corrected chi connectivity index (χ1v) is 9.09. The van der Waals surface area contributed by atoms with Crippen LogP contribution in [0.2, 0.25) is 0 Å². The van der Waals surface area contributed by atoms with Gasteiger partial charge in [-0.2, -0.15) is 0 Å². The van der Waals surface area contributed by atoms with Gasteiger partial charge in [0.25, 0.3) is 0 Å². The van der Waals surface area contributed by atoms with Crippen molar-refractivity contribution in [2.75, 3.05) is 13.1 Å². The van der Waals surface area contributed by atoms with Gasteiger partial charge in [-0.1, -0.05) is 42.5 Å². The van der Waals surface area contributed by atoms with Gasteiger partial charge in [-0.25, -0.2) is 4.79 Å². The van der Waals surface area contributed by atoms with Gasteiger partial charge in [0.05, 0.1) is 5.52 Å². The van der Waals surface area contributed by atoms with E-state index in [4.69, 9.17) is 4.42 Å². The fourth-order valence-corrected chi connectivity index (χ4v) is 3.63. The van der Waals surface area contributed by atoms with E-state index in [0.29, 0.717) is 37.0 Å². The van der Waals surface area contributed by atoms with E-state index in [1.165, 1.54) is 4.57 Å². The molecule has 4 rings (SSSR count). The van der Waals surface area contributed by atoms with Crippen molar-refractivity contribution in [2.24, 2.45) is 5.92 Å². The molecule has 2 heterocycles. The van der Waals surface area contributed by atoms with Crippen molar-refractivity contribution in [1.29, 1.82) is 0 Å². The van der Waals surface area contributed by atoms with Crippen LogP contribution in [0.5, 0.6) is 0 Å². The Morgan fingerprint density at radius 1 is 0.963 bits per heavy atom. The maximum atomic E-state index is 12.6. The highest BCUT2D eigenvalue weighted by Gasteiger charge is 2.28. The van der Waals surface area contributed by atoms with Crippen LogP contribution in [0, 0.1) is 5.92 Å². The van der Waals surface area contributed by atoms with E-state index in [0.717, 1.165) is 5.56 Å². The maximum absolute atomic E-state index is 12.6. The minimum Gasteiger partial charge on any atom is -0.408 e. The molecule has 2 aromatic carbocycles. The van der Waals surface area contributed by atoms with Crippen molar-refractivity contribution in [1.82, 2.24) is 9.47 Å². The molecule has 0 bridgehead atoms. The standard InChI is InChI=1S/C21H20N2O4/c24-19(14-23-17-8-4-5-9-18(17)27-21(23)26)22-12-10-16(11-13-22)20(25)15-6-2-1-3-7-15/h1-9,16H,10-14H2. The number of oxazole rings is 1. The summed E-state index contributed by atoms with van der Waals surface area (Å²) in [6.45, 7) is 0.992. The van der Waals surface area contributed by atoms with Gasteiger partial charge in [-0.15, -0.1) is 0 Å². The number of hydrogen-bond donors (Lipinski definition) is 0. The largest absolute Gasteiger partial charge is 0.420 e. The van der Waals surface area contributed by atoms with Crippen molar-refractivity contribution in [3.8, 4) is 0 Å². The molecule has 0 saturated carbocycles. The number of nitrogens with zero attached hydrogens (tertiary/aromatic N) is 2. The monoisotopic (exact) mass is 364 g/mol. The van der Waals surface area contributed by atoms with Crippen molar-refractivity contribution in [3.05, 3.63) is 70.7 Å².